The van der Waals surface area contributed by atoms with E-state index in [-0.39, 0.29) is 24.0 Å². The van der Waals surface area contributed by atoms with Gasteiger partial charge in [-0.1, -0.05) is 24.3 Å². The van der Waals surface area contributed by atoms with Crippen LogP contribution in [-0.4, -0.2) is 49.7 Å². The van der Waals surface area contributed by atoms with Crippen LogP contribution in [0.25, 0.3) is 5.69 Å². The first kappa shape index (κ1) is 24.7. The van der Waals surface area contributed by atoms with Crippen LogP contribution in [0, 0.1) is 0 Å². The second-order valence-corrected chi connectivity index (χ2v) is 6.71. The lowest BCUT2D eigenvalue weighted by Crippen LogP contribution is -2.37. The molecule has 0 spiro atoms. The third-order valence-electron chi connectivity index (χ3n) is 4.55. The molecule has 0 bridgehead atoms. The molecule has 0 aliphatic heterocycles. The number of nitrogens with one attached hydrogen (secondary N) is 2. The number of methoxy groups -OCH3 is 1. The molecule has 2 aromatic carbocycles. The van der Waals surface area contributed by atoms with Crippen LogP contribution in [0.5, 0.6) is 5.75 Å². The molecular formula is C23H30IN5O2. The van der Waals surface area contributed by atoms with Gasteiger partial charge in [-0.2, -0.15) is 5.10 Å². The van der Waals surface area contributed by atoms with Crippen LogP contribution in [0.15, 0.2) is 72.0 Å². The Morgan fingerprint density at radius 2 is 1.87 bits per heavy atom. The molecular weight excluding hydrogens is 505 g/mol. The SMILES string of the molecule is CN=C(NCCc1ccc(-n2cccn2)cc1)NCc1cccc(OCCOC)c1.I. The Bertz CT molecular complexity index is 914. The Morgan fingerprint density at radius 3 is 2.58 bits per heavy atom. The highest BCUT2D eigenvalue weighted by Crippen LogP contribution is 2.13. The van der Waals surface area contributed by atoms with E-state index in [1.54, 1.807) is 20.4 Å². The minimum atomic E-state index is 0. The lowest BCUT2D eigenvalue weighted by Gasteiger charge is -2.13. The van der Waals surface area contributed by atoms with Crippen LogP contribution >= 0.6 is 24.0 Å². The molecule has 0 saturated heterocycles. The molecule has 0 unspecified atom stereocenters. The molecule has 2 N–H and O–H groups in total. The largest absolute Gasteiger partial charge is 0.491 e. The van der Waals surface area contributed by atoms with Gasteiger partial charge in [-0.25, -0.2) is 4.68 Å². The van der Waals surface area contributed by atoms with Crippen LogP contribution in [0.2, 0.25) is 0 Å². The maximum atomic E-state index is 5.66. The second kappa shape index (κ2) is 13.7. The van der Waals surface area contributed by atoms with E-state index in [0.717, 1.165) is 35.9 Å². The number of aliphatic imine (C=N–C) groups is 1. The number of benzene rings is 2. The fourth-order valence-corrected chi connectivity index (χ4v) is 2.96. The van der Waals surface area contributed by atoms with Crippen LogP contribution < -0.4 is 15.4 Å². The maximum Gasteiger partial charge on any atom is 0.191 e. The number of guanidine groups is 1. The van der Waals surface area contributed by atoms with Gasteiger partial charge in [0.2, 0.25) is 0 Å². The summed E-state index contributed by atoms with van der Waals surface area (Å²) in [5.74, 6) is 1.61. The Balaban J connectivity index is 0.00000341. The van der Waals surface area contributed by atoms with Crippen molar-refractivity contribution in [3.8, 4) is 11.4 Å². The third kappa shape index (κ3) is 8.22. The molecule has 0 saturated carbocycles. The summed E-state index contributed by atoms with van der Waals surface area (Å²) < 4.78 is 12.5. The fraction of sp³-hybridized carbons (Fsp3) is 0.304. The van der Waals surface area contributed by atoms with Crippen molar-refractivity contribution < 1.29 is 9.47 Å². The van der Waals surface area contributed by atoms with Gasteiger partial charge < -0.3 is 20.1 Å². The van der Waals surface area contributed by atoms with E-state index in [2.05, 4.69) is 51.1 Å². The smallest absolute Gasteiger partial charge is 0.191 e. The van der Waals surface area contributed by atoms with E-state index >= 15 is 0 Å². The van der Waals surface area contributed by atoms with Crippen molar-refractivity contribution in [2.45, 2.75) is 13.0 Å². The van der Waals surface area contributed by atoms with Crippen LogP contribution in [-0.2, 0) is 17.7 Å². The zero-order valence-corrected chi connectivity index (χ0v) is 20.3. The van der Waals surface area contributed by atoms with Gasteiger partial charge in [-0.05, 0) is 47.9 Å². The lowest BCUT2D eigenvalue weighted by atomic mass is 10.1. The molecule has 7 nitrogen and oxygen atoms in total. The van der Waals surface area contributed by atoms with Crippen molar-refractivity contribution in [3.63, 3.8) is 0 Å². The molecule has 166 valence electrons. The highest BCUT2D eigenvalue weighted by molar-refractivity contribution is 14.0. The maximum absolute atomic E-state index is 5.66. The monoisotopic (exact) mass is 535 g/mol. The summed E-state index contributed by atoms with van der Waals surface area (Å²) in [6.07, 6.45) is 4.62. The van der Waals surface area contributed by atoms with Gasteiger partial charge in [-0.15, -0.1) is 24.0 Å². The molecule has 0 aliphatic carbocycles. The topological polar surface area (TPSA) is 72.7 Å². The average Bonchev–Trinajstić information content (AvgIpc) is 3.32. The molecule has 1 heterocycles. The van der Waals surface area contributed by atoms with Gasteiger partial charge in [0.25, 0.3) is 0 Å². The Kier molecular flexibility index (Phi) is 10.9. The first-order valence-electron chi connectivity index (χ1n) is 10.0. The van der Waals surface area contributed by atoms with Crippen molar-refractivity contribution in [1.29, 1.82) is 0 Å². The quantitative estimate of drug-likeness (QED) is 0.180. The van der Waals surface area contributed by atoms with Crippen molar-refractivity contribution in [3.05, 3.63) is 78.1 Å². The van der Waals surface area contributed by atoms with Gasteiger partial charge >= 0.3 is 0 Å². The Morgan fingerprint density at radius 1 is 1.03 bits per heavy atom. The van der Waals surface area contributed by atoms with E-state index < -0.39 is 0 Å². The van der Waals surface area contributed by atoms with Gasteiger partial charge in [0.05, 0.1) is 12.3 Å². The standard InChI is InChI=1S/C23H29N5O2.HI/c1-24-23(26-18-20-5-3-6-22(17-20)30-16-15-29-2)25-13-11-19-7-9-21(10-8-19)28-14-4-12-27-28;/h3-10,12,14,17H,11,13,15-16,18H2,1-2H3,(H2,24,25,26);1H. The minimum Gasteiger partial charge on any atom is -0.491 e. The van der Waals surface area contributed by atoms with Crippen molar-refractivity contribution >= 4 is 29.9 Å². The summed E-state index contributed by atoms with van der Waals surface area (Å²) in [5, 5.41) is 11.0. The molecule has 8 heteroatoms. The number of aromatic nitrogens is 2. The van der Waals surface area contributed by atoms with E-state index in [4.69, 9.17) is 9.47 Å². The molecule has 1 aromatic heterocycles. The highest BCUT2D eigenvalue weighted by Gasteiger charge is 2.02. The summed E-state index contributed by atoms with van der Waals surface area (Å²) in [5.41, 5.74) is 3.44. The Labute approximate surface area is 200 Å². The zero-order valence-electron chi connectivity index (χ0n) is 18.0. The fourth-order valence-electron chi connectivity index (χ4n) is 2.96. The van der Waals surface area contributed by atoms with Gasteiger partial charge in [-0.3, -0.25) is 4.99 Å². The summed E-state index contributed by atoms with van der Waals surface area (Å²) >= 11 is 0. The number of hydrogen-bond acceptors (Lipinski definition) is 4. The van der Waals surface area contributed by atoms with Crippen LogP contribution in [0.1, 0.15) is 11.1 Å². The first-order chi connectivity index (χ1) is 14.8. The molecule has 3 rings (SSSR count). The number of hydrogen-bond donors (Lipinski definition) is 2. The van der Waals surface area contributed by atoms with Gasteiger partial charge in [0.15, 0.2) is 5.96 Å². The van der Waals surface area contributed by atoms with Gasteiger partial charge in [0.1, 0.15) is 12.4 Å². The predicted octanol–water partition coefficient (Wildman–Crippen LogP) is 3.42. The van der Waals surface area contributed by atoms with E-state index in [1.807, 2.05) is 35.1 Å². The molecule has 0 amide bonds. The summed E-state index contributed by atoms with van der Waals surface area (Å²) in [6, 6.07) is 18.4. The van der Waals surface area contributed by atoms with Crippen LogP contribution in [0.3, 0.4) is 0 Å². The summed E-state index contributed by atoms with van der Waals surface area (Å²) in [7, 11) is 3.44. The van der Waals surface area contributed by atoms with Crippen molar-refractivity contribution in [2.75, 3.05) is 33.9 Å². The highest BCUT2D eigenvalue weighted by atomic mass is 127. The molecule has 31 heavy (non-hydrogen) atoms. The Hall–Kier alpha value is -2.59. The number of nitrogens with zero attached hydrogens (tertiary/aromatic N) is 3. The number of halogens is 1. The third-order valence-corrected chi connectivity index (χ3v) is 4.55. The lowest BCUT2D eigenvalue weighted by molar-refractivity contribution is 0.146. The minimum absolute atomic E-state index is 0. The number of rotatable bonds is 10. The zero-order chi connectivity index (χ0) is 21.0. The molecule has 0 atom stereocenters. The summed E-state index contributed by atoms with van der Waals surface area (Å²) in [6.45, 7) is 2.57. The summed E-state index contributed by atoms with van der Waals surface area (Å²) in [4.78, 5) is 4.30. The van der Waals surface area contributed by atoms with E-state index in [9.17, 15) is 0 Å². The first-order valence-corrected chi connectivity index (χ1v) is 10.0. The average molecular weight is 535 g/mol. The molecule has 0 aliphatic rings. The normalized spacial score (nSPS) is 11.0. The van der Waals surface area contributed by atoms with Crippen molar-refractivity contribution in [2.24, 2.45) is 4.99 Å². The molecule has 0 radical (unpaired) electrons. The second-order valence-electron chi connectivity index (χ2n) is 6.71. The number of ether oxygens (including phenoxy) is 2. The predicted molar refractivity (Wildman–Crippen MR) is 135 cm³/mol. The van der Waals surface area contributed by atoms with Crippen molar-refractivity contribution in [1.82, 2.24) is 20.4 Å². The van der Waals surface area contributed by atoms with Gasteiger partial charge in [0, 0.05) is 39.6 Å². The van der Waals surface area contributed by atoms with E-state index in [1.165, 1.54) is 5.56 Å². The molecule has 0 fully saturated rings. The van der Waals surface area contributed by atoms with E-state index in [0.29, 0.717) is 19.8 Å². The van der Waals surface area contributed by atoms with Crippen LogP contribution in [0.4, 0.5) is 0 Å². The molecule has 3 aromatic rings.